The Morgan fingerprint density at radius 1 is 1.11 bits per heavy atom. The van der Waals surface area contributed by atoms with E-state index in [0.717, 1.165) is 19.3 Å². The molecule has 1 aromatic rings. The van der Waals surface area contributed by atoms with Gasteiger partial charge in [-0.3, -0.25) is 4.79 Å². The Morgan fingerprint density at radius 2 is 1.78 bits per heavy atom. The molecular formula is C16H25NO. The Balaban J connectivity index is 2.34. The van der Waals surface area contributed by atoms with Gasteiger partial charge in [0.1, 0.15) is 0 Å². The lowest BCUT2D eigenvalue weighted by Crippen LogP contribution is -2.25. The van der Waals surface area contributed by atoms with Crippen molar-refractivity contribution in [3.8, 4) is 0 Å². The molecule has 0 radical (unpaired) electrons. The second-order valence-corrected chi connectivity index (χ2v) is 4.99. The first-order chi connectivity index (χ1) is 8.74. The molecule has 0 saturated carbocycles. The molecule has 2 nitrogen and oxygen atoms in total. The first-order valence-electron chi connectivity index (χ1n) is 7.07. The molecule has 0 saturated heterocycles. The SMILES string of the molecule is CCCCCCCC(Cc1ccccc1)C(N)=O. The fourth-order valence-corrected chi connectivity index (χ4v) is 2.24. The Kier molecular flexibility index (Phi) is 7.16. The summed E-state index contributed by atoms with van der Waals surface area (Å²) in [6.45, 7) is 2.21. The molecule has 100 valence electrons. The highest BCUT2D eigenvalue weighted by atomic mass is 16.1. The van der Waals surface area contributed by atoms with Crippen molar-refractivity contribution < 1.29 is 4.79 Å². The van der Waals surface area contributed by atoms with Crippen molar-refractivity contribution >= 4 is 5.91 Å². The van der Waals surface area contributed by atoms with Gasteiger partial charge in [0.15, 0.2) is 0 Å². The van der Waals surface area contributed by atoms with Crippen LogP contribution in [0.3, 0.4) is 0 Å². The molecule has 18 heavy (non-hydrogen) atoms. The van der Waals surface area contributed by atoms with Crippen molar-refractivity contribution in [1.29, 1.82) is 0 Å². The molecule has 2 heteroatoms. The van der Waals surface area contributed by atoms with Crippen LogP contribution < -0.4 is 5.73 Å². The van der Waals surface area contributed by atoms with Crippen LogP contribution in [-0.2, 0) is 11.2 Å². The highest BCUT2D eigenvalue weighted by Crippen LogP contribution is 2.16. The zero-order valence-corrected chi connectivity index (χ0v) is 11.4. The predicted octanol–water partition coefficient (Wildman–Crippen LogP) is 3.69. The number of carbonyl (C=O) groups is 1. The van der Waals surface area contributed by atoms with Gasteiger partial charge < -0.3 is 5.73 Å². The predicted molar refractivity (Wildman–Crippen MR) is 76.2 cm³/mol. The molecule has 1 atom stereocenters. The lowest BCUT2D eigenvalue weighted by atomic mass is 9.93. The van der Waals surface area contributed by atoms with E-state index in [1.165, 1.54) is 31.2 Å². The van der Waals surface area contributed by atoms with Gasteiger partial charge in [0.25, 0.3) is 0 Å². The zero-order valence-electron chi connectivity index (χ0n) is 11.4. The summed E-state index contributed by atoms with van der Waals surface area (Å²) in [6.07, 6.45) is 7.85. The van der Waals surface area contributed by atoms with Crippen LogP contribution in [0.15, 0.2) is 30.3 Å². The first-order valence-corrected chi connectivity index (χ1v) is 7.07. The quantitative estimate of drug-likeness (QED) is 0.664. The zero-order chi connectivity index (χ0) is 13.2. The third-order valence-corrected chi connectivity index (χ3v) is 3.38. The number of carbonyl (C=O) groups excluding carboxylic acids is 1. The first kappa shape index (κ1) is 14.7. The van der Waals surface area contributed by atoms with Gasteiger partial charge in [-0.25, -0.2) is 0 Å². The Labute approximate surface area is 111 Å². The van der Waals surface area contributed by atoms with E-state index in [4.69, 9.17) is 5.73 Å². The molecule has 1 amide bonds. The van der Waals surface area contributed by atoms with Crippen LogP contribution in [0.4, 0.5) is 0 Å². The van der Waals surface area contributed by atoms with Crippen LogP contribution in [-0.4, -0.2) is 5.91 Å². The summed E-state index contributed by atoms with van der Waals surface area (Å²) in [4.78, 5) is 11.4. The Morgan fingerprint density at radius 3 is 2.39 bits per heavy atom. The van der Waals surface area contributed by atoms with Gasteiger partial charge in [-0.05, 0) is 18.4 Å². The van der Waals surface area contributed by atoms with Crippen LogP contribution in [0.2, 0.25) is 0 Å². The van der Waals surface area contributed by atoms with Gasteiger partial charge in [0.05, 0.1) is 0 Å². The standard InChI is InChI=1S/C16H25NO/c1-2-3-4-5-9-12-15(16(17)18)13-14-10-7-6-8-11-14/h6-8,10-11,15H,2-5,9,12-13H2,1H3,(H2,17,18). The number of unbranched alkanes of at least 4 members (excludes halogenated alkanes) is 4. The topological polar surface area (TPSA) is 43.1 Å². The van der Waals surface area contributed by atoms with Gasteiger partial charge in [-0.2, -0.15) is 0 Å². The maximum atomic E-state index is 11.4. The molecule has 0 bridgehead atoms. The normalized spacial score (nSPS) is 12.3. The van der Waals surface area contributed by atoms with E-state index in [1.807, 2.05) is 18.2 Å². The van der Waals surface area contributed by atoms with Gasteiger partial charge in [-0.1, -0.05) is 69.4 Å². The van der Waals surface area contributed by atoms with Gasteiger partial charge in [0, 0.05) is 5.92 Å². The number of nitrogens with two attached hydrogens (primary N) is 1. The van der Waals surface area contributed by atoms with Crippen molar-refractivity contribution in [1.82, 2.24) is 0 Å². The van der Waals surface area contributed by atoms with Crippen LogP contribution in [0, 0.1) is 5.92 Å². The minimum absolute atomic E-state index is 0.00553. The Bertz CT molecular complexity index is 334. The lowest BCUT2D eigenvalue weighted by molar-refractivity contribution is -0.122. The number of hydrogen-bond donors (Lipinski definition) is 1. The molecule has 0 aliphatic rings. The highest BCUT2D eigenvalue weighted by Gasteiger charge is 2.15. The molecule has 0 aromatic heterocycles. The summed E-state index contributed by atoms with van der Waals surface area (Å²) >= 11 is 0. The van der Waals surface area contributed by atoms with Gasteiger partial charge in [-0.15, -0.1) is 0 Å². The largest absolute Gasteiger partial charge is 0.369 e. The fourth-order valence-electron chi connectivity index (χ4n) is 2.24. The monoisotopic (exact) mass is 247 g/mol. The van der Waals surface area contributed by atoms with E-state index in [0.29, 0.717) is 0 Å². The summed E-state index contributed by atoms with van der Waals surface area (Å²) in [6, 6.07) is 10.1. The molecular weight excluding hydrogens is 222 g/mol. The second-order valence-electron chi connectivity index (χ2n) is 4.99. The maximum Gasteiger partial charge on any atom is 0.220 e. The average Bonchev–Trinajstić information content (AvgIpc) is 2.38. The van der Waals surface area contributed by atoms with Crippen molar-refractivity contribution in [2.45, 2.75) is 51.9 Å². The van der Waals surface area contributed by atoms with E-state index in [9.17, 15) is 4.79 Å². The lowest BCUT2D eigenvalue weighted by Gasteiger charge is -2.13. The summed E-state index contributed by atoms with van der Waals surface area (Å²) < 4.78 is 0. The molecule has 1 unspecified atom stereocenters. The smallest absolute Gasteiger partial charge is 0.220 e. The number of rotatable bonds is 9. The maximum absolute atomic E-state index is 11.4. The van der Waals surface area contributed by atoms with Crippen LogP contribution >= 0.6 is 0 Å². The van der Waals surface area contributed by atoms with Crippen molar-refractivity contribution in [2.75, 3.05) is 0 Å². The molecule has 0 spiro atoms. The van der Waals surface area contributed by atoms with E-state index in [1.54, 1.807) is 0 Å². The van der Waals surface area contributed by atoms with Crippen LogP contribution in [0.1, 0.15) is 51.0 Å². The minimum Gasteiger partial charge on any atom is -0.369 e. The molecule has 0 aliphatic carbocycles. The molecule has 0 heterocycles. The molecule has 1 rings (SSSR count). The van der Waals surface area contributed by atoms with Crippen molar-refractivity contribution in [2.24, 2.45) is 11.7 Å². The van der Waals surface area contributed by atoms with Gasteiger partial charge >= 0.3 is 0 Å². The molecule has 0 aliphatic heterocycles. The van der Waals surface area contributed by atoms with Crippen LogP contribution in [0.5, 0.6) is 0 Å². The molecule has 2 N–H and O–H groups in total. The van der Waals surface area contributed by atoms with Crippen molar-refractivity contribution in [3.05, 3.63) is 35.9 Å². The minimum atomic E-state index is -0.158. The van der Waals surface area contributed by atoms with E-state index >= 15 is 0 Å². The highest BCUT2D eigenvalue weighted by molar-refractivity contribution is 5.76. The number of amides is 1. The van der Waals surface area contributed by atoms with E-state index in [2.05, 4.69) is 19.1 Å². The summed E-state index contributed by atoms with van der Waals surface area (Å²) in [5, 5.41) is 0. The van der Waals surface area contributed by atoms with Crippen molar-refractivity contribution in [3.63, 3.8) is 0 Å². The van der Waals surface area contributed by atoms with E-state index in [-0.39, 0.29) is 11.8 Å². The Hall–Kier alpha value is -1.31. The average molecular weight is 247 g/mol. The molecule has 1 aromatic carbocycles. The molecule has 0 fully saturated rings. The third kappa shape index (κ3) is 5.85. The number of hydrogen-bond acceptors (Lipinski definition) is 1. The van der Waals surface area contributed by atoms with Crippen LogP contribution in [0.25, 0.3) is 0 Å². The number of benzene rings is 1. The number of primary amides is 1. The van der Waals surface area contributed by atoms with Gasteiger partial charge in [0.2, 0.25) is 5.91 Å². The second kappa shape index (κ2) is 8.73. The third-order valence-electron chi connectivity index (χ3n) is 3.38. The fraction of sp³-hybridized carbons (Fsp3) is 0.562. The summed E-state index contributed by atoms with van der Waals surface area (Å²) in [5.74, 6) is -0.164. The summed E-state index contributed by atoms with van der Waals surface area (Å²) in [5.41, 5.74) is 6.69. The van der Waals surface area contributed by atoms with E-state index < -0.39 is 0 Å². The summed E-state index contributed by atoms with van der Waals surface area (Å²) in [7, 11) is 0.